The van der Waals surface area contributed by atoms with Gasteiger partial charge in [-0.05, 0) is 49.2 Å². The molecule has 3 aromatic rings. The summed E-state index contributed by atoms with van der Waals surface area (Å²) in [6, 6.07) is 8.47. The number of ether oxygens (including phenoxy) is 1. The van der Waals surface area contributed by atoms with E-state index < -0.39 is 33.4 Å². The first-order valence-electron chi connectivity index (χ1n) is 12.8. The van der Waals surface area contributed by atoms with Gasteiger partial charge < -0.3 is 25.6 Å². The van der Waals surface area contributed by atoms with E-state index in [1.807, 2.05) is 0 Å². The number of hydrogen-bond acceptors (Lipinski definition) is 7. The quantitative estimate of drug-likeness (QED) is 0.313. The SMILES string of the molecule is O=C(Nc1cc(N2CCS(=O)(=O)CC2)cc(C(F)(F)F)c1)Nc1ccc(Oc2ccnc(NC(=O)C3CC3)c2)c(F)c1. The predicted octanol–water partition coefficient (Wildman–Crippen LogP) is 5.26. The highest BCUT2D eigenvalue weighted by Gasteiger charge is 2.33. The zero-order chi connectivity index (χ0) is 30.1. The van der Waals surface area contributed by atoms with Crippen molar-refractivity contribution in [2.24, 2.45) is 5.92 Å². The molecule has 0 unspecified atom stereocenters. The highest BCUT2D eigenvalue weighted by Crippen LogP contribution is 2.35. The summed E-state index contributed by atoms with van der Waals surface area (Å²) in [5.41, 5.74) is -1.11. The Morgan fingerprint density at radius 3 is 2.31 bits per heavy atom. The van der Waals surface area contributed by atoms with Crippen LogP contribution in [0.2, 0.25) is 0 Å². The molecule has 0 spiro atoms. The highest BCUT2D eigenvalue weighted by atomic mass is 32.2. The number of pyridine rings is 1. The van der Waals surface area contributed by atoms with Crippen molar-refractivity contribution in [2.75, 3.05) is 45.4 Å². The van der Waals surface area contributed by atoms with E-state index in [1.165, 1.54) is 41.4 Å². The van der Waals surface area contributed by atoms with Crippen LogP contribution in [0.1, 0.15) is 18.4 Å². The minimum atomic E-state index is -4.72. The molecule has 1 saturated heterocycles. The molecule has 0 radical (unpaired) electrons. The van der Waals surface area contributed by atoms with Gasteiger partial charge in [-0.1, -0.05) is 0 Å². The summed E-state index contributed by atoms with van der Waals surface area (Å²) >= 11 is 0. The first-order valence-corrected chi connectivity index (χ1v) is 14.7. The molecule has 1 aliphatic heterocycles. The molecule has 0 atom stereocenters. The smallest absolute Gasteiger partial charge is 0.416 e. The molecule has 2 aliphatic rings. The number of aromatic nitrogens is 1. The Morgan fingerprint density at radius 2 is 1.64 bits per heavy atom. The van der Waals surface area contributed by atoms with E-state index in [1.54, 1.807) is 0 Å². The molecule has 1 aromatic heterocycles. The van der Waals surface area contributed by atoms with Crippen LogP contribution in [-0.4, -0.2) is 49.9 Å². The number of halogens is 4. The minimum absolute atomic E-state index is 0.00194. The van der Waals surface area contributed by atoms with Crippen LogP contribution in [0, 0.1) is 11.7 Å². The Labute approximate surface area is 238 Å². The number of urea groups is 1. The van der Waals surface area contributed by atoms with Gasteiger partial charge in [0.25, 0.3) is 0 Å². The van der Waals surface area contributed by atoms with Crippen LogP contribution in [0.25, 0.3) is 0 Å². The number of anilines is 4. The third-order valence-electron chi connectivity index (χ3n) is 6.56. The normalized spacial score (nSPS) is 16.4. The van der Waals surface area contributed by atoms with Crippen molar-refractivity contribution in [3.05, 3.63) is 66.1 Å². The summed E-state index contributed by atoms with van der Waals surface area (Å²) in [7, 11) is -3.26. The molecule has 0 bridgehead atoms. The average molecular weight is 608 g/mol. The van der Waals surface area contributed by atoms with Gasteiger partial charge in [-0.3, -0.25) is 4.79 Å². The van der Waals surface area contributed by atoms with Gasteiger partial charge in [0.2, 0.25) is 5.91 Å². The second-order valence-electron chi connectivity index (χ2n) is 9.87. The fourth-order valence-electron chi connectivity index (χ4n) is 4.20. The van der Waals surface area contributed by atoms with E-state index in [2.05, 4.69) is 20.9 Å². The monoisotopic (exact) mass is 607 g/mol. The van der Waals surface area contributed by atoms with Crippen LogP contribution in [0.4, 0.5) is 45.2 Å². The molecule has 3 N–H and O–H groups in total. The first kappa shape index (κ1) is 29.1. The number of sulfone groups is 1. The molecular formula is C27H25F4N5O5S. The molecule has 2 aromatic carbocycles. The van der Waals surface area contributed by atoms with Crippen LogP contribution < -0.4 is 25.6 Å². The molecular weight excluding hydrogens is 582 g/mol. The fourth-order valence-corrected chi connectivity index (χ4v) is 5.40. The van der Waals surface area contributed by atoms with Gasteiger partial charge in [0.15, 0.2) is 21.4 Å². The molecule has 42 heavy (non-hydrogen) atoms. The van der Waals surface area contributed by atoms with Crippen molar-refractivity contribution in [3.63, 3.8) is 0 Å². The van der Waals surface area contributed by atoms with E-state index in [0.29, 0.717) is 0 Å². The van der Waals surface area contributed by atoms with E-state index in [0.717, 1.165) is 31.0 Å². The van der Waals surface area contributed by atoms with E-state index in [4.69, 9.17) is 4.74 Å². The molecule has 222 valence electrons. The number of hydrogen-bond donors (Lipinski definition) is 3. The first-order chi connectivity index (χ1) is 19.8. The number of benzene rings is 2. The summed E-state index contributed by atoms with van der Waals surface area (Å²) in [5, 5.41) is 7.34. The highest BCUT2D eigenvalue weighted by molar-refractivity contribution is 7.91. The summed E-state index contributed by atoms with van der Waals surface area (Å²) in [6.45, 7) is 0.0256. The molecule has 2 fully saturated rings. The van der Waals surface area contributed by atoms with Crippen molar-refractivity contribution in [3.8, 4) is 11.5 Å². The fraction of sp³-hybridized carbons (Fsp3) is 0.296. The van der Waals surface area contributed by atoms with Gasteiger partial charge in [0.05, 0.1) is 17.1 Å². The number of carbonyl (C=O) groups excluding carboxylic acids is 2. The van der Waals surface area contributed by atoms with E-state index in [-0.39, 0.29) is 70.8 Å². The van der Waals surface area contributed by atoms with E-state index >= 15 is 0 Å². The number of nitrogens with zero attached hydrogens (tertiary/aromatic N) is 2. The third kappa shape index (κ3) is 7.46. The number of alkyl halides is 3. The lowest BCUT2D eigenvalue weighted by Gasteiger charge is -2.29. The zero-order valence-electron chi connectivity index (χ0n) is 21.9. The minimum Gasteiger partial charge on any atom is -0.454 e. The van der Waals surface area contributed by atoms with Gasteiger partial charge in [0, 0.05) is 54.4 Å². The lowest BCUT2D eigenvalue weighted by atomic mass is 10.1. The average Bonchev–Trinajstić information content (AvgIpc) is 3.76. The molecule has 1 saturated carbocycles. The third-order valence-corrected chi connectivity index (χ3v) is 8.17. The summed E-state index contributed by atoms with van der Waals surface area (Å²) in [4.78, 5) is 30.1. The van der Waals surface area contributed by atoms with Crippen molar-refractivity contribution in [1.29, 1.82) is 0 Å². The second kappa shape index (κ2) is 11.5. The molecule has 1 aliphatic carbocycles. The van der Waals surface area contributed by atoms with Gasteiger partial charge in [-0.15, -0.1) is 0 Å². The Hall–Kier alpha value is -4.40. The lowest BCUT2D eigenvalue weighted by molar-refractivity contribution is -0.137. The number of carbonyl (C=O) groups is 2. The van der Waals surface area contributed by atoms with Crippen LogP contribution in [0.15, 0.2) is 54.7 Å². The largest absolute Gasteiger partial charge is 0.454 e. The Bertz CT molecular complexity index is 1620. The summed E-state index contributed by atoms with van der Waals surface area (Å²) in [6.07, 6.45) is -1.69. The van der Waals surface area contributed by atoms with E-state index in [9.17, 15) is 35.6 Å². The van der Waals surface area contributed by atoms with Crippen molar-refractivity contribution in [1.82, 2.24) is 4.98 Å². The second-order valence-corrected chi connectivity index (χ2v) is 12.2. The number of rotatable bonds is 7. The van der Waals surface area contributed by atoms with Gasteiger partial charge >= 0.3 is 12.2 Å². The van der Waals surface area contributed by atoms with Crippen molar-refractivity contribution >= 4 is 44.7 Å². The van der Waals surface area contributed by atoms with Crippen molar-refractivity contribution in [2.45, 2.75) is 19.0 Å². The Balaban J connectivity index is 1.25. The van der Waals surface area contributed by atoms with Crippen LogP contribution in [0.5, 0.6) is 11.5 Å². The molecule has 2 heterocycles. The van der Waals surface area contributed by atoms with Crippen LogP contribution in [0.3, 0.4) is 0 Å². The maximum atomic E-state index is 14.8. The number of nitrogens with one attached hydrogen (secondary N) is 3. The molecule has 15 heteroatoms. The van der Waals surface area contributed by atoms with Crippen molar-refractivity contribution < 1.29 is 40.3 Å². The maximum absolute atomic E-state index is 14.8. The van der Waals surface area contributed by atoms with Crippen LogP contribution >= 0.6 is 0 Å². The summed E-state index contributed by atoms with van der Waals surface area (Å²) in [5.74, 6) is -1.13. The maximum Gasteiger partial charge on any atom is 0.416 e. The lowest BCUT2D eigenvalue weighted by Crippen LogP contribution is -2.40. The Morgan fingerprint density at radius 1 is 0.929 bits per heavy atom. The molecule has 10 nitrogen and oxygen atoms in total. The van der Waals surface area contributed by atoms with Gasteiger partial charge in [-0.2, -0.15) is 13.2 Å². The number of amides is 3. The van der Waals surface area contributed by atoms with Gasteiger partial charge in [-0.25, -0.2) is 22.6 Å². The van der Waals surface area contributed by atoms with Crippen LogP contribution in [-0.2, 0) is 20.8 Å². The molecule has 5 rings (SSSR count). The Kier molecular flexibility index (Phi) is 7.95. The topological polar surface area (TPSA) is 130 Å². The predicted molar refractivity (Wildman–Crippen MR) is 147 cm³/mol. The summed E-state index contributed by atoms with van der Waals surface area (Å²) < 4.78 is 84.4. The zero-order valence-corrected chi connectivity index (χ0v) is 22.7. The van der Waals surface area contributed by atoms with Gasteiger partial charge in [0.1, 0.15) is 11.6 Å². The molecule has 3 amide bonds. The standard InChI is InChI=1S/C27H25F4N5O5S/c28-22-14-18(3-4-23(22)41-21-5-6-32-24(15-21)35-25(37)16-1-2-16)33-26(38)34-19-11-17(27(29,30)31)12-20(13-19)36-7-9-42(39,40)10-8-36/h3-6,11-16H,1-2,7-10H2,(H,32,35,37)(H2,33,34,38).